The molecule has 2 heterocycles. The summed E-state index contributed by atoms with van der Waals surface area (Å²) in [6, 6.07) is 14.3. The van der Waals surface area contributed by atoms with Gasteiger partial charge in [-0.05, 0) is 53.1 Å². The van der Waals surface area contributed by atoms with Gasteiger partial charge in [-0.1, -0.05) is 18.2 Å². The molecule has 31 heavy (non-hydrogen) atoms. The summed E-state index contributed by atoms with van der Waals surface area (Å²) in [6.45, 7) is 1.95. The number of hydrogen-bond acceptors (Lipinski definition) is 3. The van der Waals surface area contributed by atoms with Gasteiger partial charge in [0.05, 0.1) is 5.57 Å². The highest BCUT2D eigenvalue weighted by molar-refractivity contribution is 6.35. The van der Waals surface area contributed by atoms with E-state index < -0.39 is 6.03 Å². The summed E-state index contributed by atoms with van der Waals surface area (Å²) in [5.74, 6) is -0.301. The molecule has 0 bridgehead atoms. The van der Waals surface area contributed by atoms with Crippen LogP contribution in [0.15, 0.2) is 54.7 Å². The second-order valence-electron chi connectivity index (χ2n) is 7.22. The topological polar surface area (TPSA) is 129 Å². The highest BCUT2D eigenvalue weighted by Gasteiger charge is 2.24. The third-order valence-corrected chi connectivity index (χ3v) is 4.88. The van der Waals surface area contributed by atoms with Gasteiger partial charge in [0.2, 0.25) is 5.91 Å². The fraction of sp³-hybridized carbons (Fsp3) is 0.0870. The predicted octanol–water partition coefficient (Wildman–Crippen LogP) is 3.30. The fourth-order valence-electron chi connectivity index (χ4n) is 3.46. The molecule has 0 atom stereocenters. The molecule has 0 saturated carbocycles. The smallest absolute Gasteiger partial charge is 0.316 e. The molecule has 6 N–H and O–H groups in total. The van der Waals surface area contributed by atoms with Crippen molar-refractivity contribution in [3.63, 3.8) is 0 Å². The number of aromatic amines is 1. The molecule has 0 spiro atoms. The largest absolute Gasteiger partial charge is 0.361 e. The van der Waals surface area contributed by atoms with E-state index in [2.05, 4.69) is 20.9 Å². The molecule has 1 aliphatic rings. The summed E-state index contributed by atoms with van der Waals surface area (Å²) in [7, 11) is 0. The monoisotopic (exact) mass is 415 g/mol. The molecule has 0 unspecified atom stereocenters. The van der Waals surface area contributed by atoms with Gasteiger partial charge in [-0.3, -0.25) is 9.59 Å². The van der Waals surface area contributed by atoms with Gasteiger partial charge in [-0.15, -0.1) is 0 Å². The Morgan fingerprint density at radius 2 is 1.94 bits per heavy atom. The van der Waals surface area contributed by atoms with E-state index in [1.165, 1.54) is 6.92 Å². The van der Waals surface area contributed by atoms with Crippen LogP contribution in [0.1, 0.15) is 23.7 Å². The second-order valence-corrected chi connectivity index (χ2v) is 7.22. The Morgan fingerprint density at radius 1 is 1.10 bits per heavy atom. The number of carbonyl (C=O) groups excluding carboxylic acids is 3. The molecule has 8 heteroatoms. The molecule has 0 aliphatic carbocycles. The van der Waals surface area contributed by atoms with Crippen molar-refractivity contribution in [3.05, 3.63) is 71.5 Å². The first-order chi connectivity index (χ1) is 14.9. The molecule has 2 aromatic carbocycles. The van der Waals surface area contributed by atoms with Crippen LogP contribution in [-0.2, 0) is 16.1 Å². The van der Waals surface area contributed by atoms with Gasteiger partial charge < -0.3 is 26.7 Å². The maximum atomic E-state index is 12.5. The zero-order valence-corrected chi connectivity index (χ0v) is 16.8. The van der Waals surface area contributed by atoms with Crippen LogP contribution in [-0.4, -0.2) is 22.8 Å². The first-order valence-corrected chi connectivity index (χ1v) is 9.65. The van der Waals surface area contributed by atoms with E-state index in [0.717, 1.165) is 22.4 Å². The SMILES string of the molecule is CC(=O)NCc1cccc(-c2c[nH]c(/C=C3\C(=O)Nc4ccc(NC(N)=O)cc43)c2)c1. The molecule has 4 amide bonds. The summed E-state index contributed by atoms with van der Waals surface area (Å²) in [4.78, 5) is 37.9. The maximum Gasteiger partial charge on any atom is 0.316 e. The van der Waals surface area contributed by atoms with Gasteiger partial charge in [0, 0.05) is 42.3 Å². The standard InChI is InChI=1S/C23H21N5O3/c1-13(29)25-11-14-3-2-4-15(7-14)16-8-18(26-12-16)10-20-19-9-17(27-23(24)31)5-6-21(19)28-22(20)30/h2-10,12,26H,11H2,1H3,(H,25,29)(H,28,30)(H3,24,27,31)/b20-10-. The summed E-state index contributed by atoms with van der Waals surface area (Å²) in [5, 5.41) is 8.13. The van der Waals surface area contributed by atoms with E-state index in [0.29, 0.717) is 29.1 Å². The maximum absolute atomic E-state index is 12.5. The van der Waals surface area contributed by atoms with Gasteiger partial charge in [0.15, 0.2) is 0 Å². The molecule has 4 rings (SSSR count). The van der Waals surface area contributed by atoms with Crippen LogP contribution < -0.4 is 21.7 Å². The molecule has 3 aromatic rings. The Labute approximate surface area is 178 Å². The summed E-state index contributed by atoms with van der Waals surface area (Å²) >= 11 is 0. The van der Waals surface area contributed by atoms with Crippen LogP contribution >= 0.6 is 0 Å². The number of nitrogens with two attached hydrogens (primary N) is 1. The number of fused-ring (bicyclic) bond motifs is 1. The minimum atomic E-state index is -0.669. The van der Waals surface area contributed by atoms with E-state index in [1.54, 1.807) is 24.3 Å². The van der Waals surface area contributed by atoms with Crippen molar-refractivity contribution in [2.75, 3.05) is 10.6 Å². The van der Waals surface area contributed by atoms with Gasteiger partial charge in [-0.2, -0.15) is 0 Å². The molecule has 1 aromatic heterocycles. The number of rotatable bonds is 5. The van der Waals surface area contributed by atoms with Crippen LogP contribution in [0.2, 0.25) is 0 Å². The third kappa shape index (κ3) is 4.48. The average molecular weight is 415 g/mol. The highest BCUT2D eigenvalue weighted by atomic mass is 16.2. The van der Waals surface area contributed by atoms with Crippen molar-refractivity contribution in [1.82, 2.24) is 10.3 Å². The molecule has 0 saturated heterocycles. The highest BCUT2D eigenvalue weighted by Crippen LogP contribution is 2.35. The van der Waals surface area contributed by atoms with Gasteiger partial charge in [-0.25, -0.2) is 4.79 Å². The number of carbonyl (C=O) groups is 3. The normalized spacial score (nSPS) is 13.6. The van der Waals surface area contributed by atoms with E-state index >= 15 is 0 Å². The Balaban J connectivity index is 1.61. The first kappa shape index (κ1) is 20.0. The molecule has 8 nitrogen and oxygen atoms in total. The van der Waals surface area contributed by atoms with Crippen LogP contribution in [0.5, 0.6) is 0 Å². The van der Waals surface area contributed by atoms with Gasteiger partial charge >= 0.3 is 6.03 Å². The predicted molar refractivity (Wildman–Crippen MR) is 120 cm³/mol. The van der Waals surface area contributed by atoms with Gasteiger partial charge in [0.25, 0.3) is 5.91 Å². The van der Waals surface area contributed by atoms with Crippen LogP contribution in [0.25, 0.3) is 22.8 Å². The lowest BCUT2D eigenvalue weighted by Gasteiger charge is -2.05. The number of nitrogens with one attached hydrogen (secondary N) is 4. The van der Waals surface area contributed by atoms with E-state index in [1.807, 2.05) is 36.5 Å². The molecule has 156 valence electrons. The zero-order chi connectivity index (χ0) is 22.0. The lowest BCUT2D eigenvalue weighted by Crippen LogP contribution is -2.19. The summed E-state index contributed by atoms with van der Waals surface area (Å²) in [6.07, 6.45) is 3.63. The van der Waals surface area contributed by atoms with Crippen molar-refractivity contribution in [2.24, 2.45) is 5.73 Å². The van der Waals surface area contributed by atoms with Crippen molar-refractivity contribution >= 4 is 40.9 Å². The molecular formula is C23H21N5O3. The lowest BCUT2D eigenvalue weighted by molar-refractivity contribution is -0.119. The first-order valence-electron chi connectivity index (χ1n) is 9.65. The summed E-state index contributed by atoms with van der Waals surface area (Å²) < 4.78 is 0. The molecule has 1 aliphatic heterocycles. The molecule has 0 fully saturated rings. The third-order valence-electron chi connectivity index (χ3n) is 4.88. The van der Waals surface area contributed by atoms with Crippen LogP contribution in [0.4, 0.5) is 16.2 Å². The van der Waals surface area contributed by atoms with Gasteiger partial charge in [0.1, 0.15) is 0 Å². The lowest BCUT2D eigenvalue weighted by atomic mass is 10.0. The van der Waals surface area contributed by atoms with Crippen LogP contribution in [0, 0.1) is 0 Å². The Morgan fingerprint density at radius 3 is 2.71 bits per heavy atom. The number of hydrogen-bond donors (Lipinski definition) is 5. The van der Waals surface area contributed by atoms with Crippen molar-refractivity contribution in [2.45, 2.75) is 13.5 Å². The number of amides is 4. The Kier molecular flexibility index (Phi) is 5.28. The van der Waals surface area contributed by atoms with Crippen molar-refractivity contribution in [3.8, 4) is 11.1 Å². The number of benzene rings is 2. The number of urea groups is 1. The van der Waals surface area contributed by atoms with Crippen molar-refractivity contribution < 1.29 is 14.4 Å². The number of aromatic nitrogens is 1. The van der Waals surface area contributed by atoms with Crippen LogP contribution in [0.3, 0.4) is 0 Å². The molecular weight excluding hydrogens is 394 g/mol. The quantitative estimate of drug-likeness (QED) is 0.410. The number of primary amides is 1. The minimum Gasteiger partial charge on any atom is -0.361 e. The number of anilines is 2. The van der Waals surface area contributed by atoms with E-state index in [-0.39, 0.29) is 11.8 Å². The Bertz CT molecular complexity index is 1230. The Hall–Kier alpha value is -4.33. The second kappa shape index (κ2) is 8.19. The molecule has 0 radical (unpaired) electrons. The minimum absolute atomic E-state index is 0.0785. The van der Waals surface area contributed by atoms with E-state index in [9.17, 15) is 14.4 Å². The fourth-order valence-corrected chi connectivity index (χ4v) is 3.46. The zero-order valence-electron chi connectivity index (χ0n) is 16.8. The van der Waals surface area contributed by atoms with Crippen molar-refractivity contribution in [1.29, 1.82) is 0 Å². The summed E-state index contributed by atoms with van der Waals surface area (Å²) in [5.41, 5.74) is 11.2. The van der Waals surface area contributed by atoms with E-state index in [4.69, 9.17) is 5.73 Å². The average Bonchev–Trinajstić information content (AvgIpc) is 3.31. The number of H-pyrrole nitrogens is 1.